The molecule has 0 unspecified atom stereocenters. The van der Waals surface area contributed by atoms with Gasteiger partial charge in [0.25, 0.3) is 5.91 Å². The Labute approximate surface area is 182 Å². The molecule has 1 aliphatic rings. The first-order chi connectivity index (χ1) is 13.8. The van der Waals surface area contributed by atoms with Crippen LogP contribution in [0.15, 0.2) is 48.7 Å². The predicted molar refractivity (Wildman–Crippen MR) is 119 cm³/mol. The molecule has 0 fully saturated rings. The molecule has 158 valence electrons. The maximum absolute atomic E-state index is 15.0. The Kier molecular flexibility index (Phi) is 6.29. The zero-order valence-corrected chi connectivity index (χ0v) is 18.1. The molecule has 1 amide bonds. The van der Waals surface area contributed by atoms with E-state index in [0.717, 1.165) is 17.8 Å². The highest BCUT2D eigenvalue weighted by Gasteiger charge is 2.27. The largest absolute Gasteiger partial charge is 0.319 e. The molecule has 0 saturated heterocycles. The molecule has 0 saturated carbocycles. The summed E-state index contributed by atoms with van der Waals surface area (Å²) in [4.78, 5) is 13.1. The number of halogens is 2. The van der Waals surface area contributed by atoms with Gasteiger partial charge >= 0.3 is 0 Å². The van der Waals surface area contributed by atoms with Crippen LogP contribution in [0.2, 0.25) is 0 Å². The lowest BCUT2D eigenvalue weighted by Crippen LogP contribution is -2.25. The number of nitrogens with zero attached hydrogens (tertiary/aromatic N) is 2. The molecule has 2 aromatic carbocycles. The summed E-state index contributed by atoms with van der Waals surface area (Å²) in [5, 5.41) is 10.7. The number of hydrogen-bond donors (Lipinski definition) is 2. The molecular weight excluding hydrogens is 403 g/mol. The maximum atomic E-state index is 15.0. The first-order valence-electron chi connectivity index (χ1n) is 9.82. The Bertz CT molecular complexity index is 1060. The Hall–Kier alpha value is -2.70. The van der Waals surface area contributed by atoms with Gasteiger partial charge in [-0.3, -0.25) is 4.79 Å². The molecular formula is C23H26ClFN4O. The molecule has 2 heterocycles. The molecule has 30 heavy (non-hydrogen) atoms. The fourth-order valence-electron chi connectivity index (χ4n) is 3.63. The standard InChI is InChI=1S/C23H25FN4O.ClH/c1-23(2,3)21-18(14-28(27-21)16-7-5-4-6-8-16)22(29)26-19-10-9-15-13-25-12-11-17(15)20(19)24;/h4-10,14,25H,11-13H2,1-3H3,(H,26,29);1H. The SMILES string of the molecule is CC(C)(C)c1nn(-c2ccccc2)cc1C(=O)Nc1ccc2c(c1F)CCNC2.Cl. The summed E-state index contributed by atoms with van der Waals surface area (Å²) in [6.07, 6.45) is 2.33. The Morgan fingerprint density at radius 1 is 1.17 bits per heavy atom. The summed E-state index contributed by atoms with van der Waals surface area (Å²) in [6, 6.07) is 13.1. The summed E-state index contributed by atoms with van der Waals surface area (Å²) in [5.41, 5.74) is 3.47. The summed E-state index contributed by atoms with van der Waals surface area (Å²) in [5.74, 6) is -0.699. The second-order valence-corrected chi connectivity index (χ2v) is 8.37. The summed E-state index contributed by atoms with van der Waals surface area (Å²) in [6.45, 7) is 7.41. The van der Waals surface area contributed by atoms with E-state index in [1.54, 1.807) is 16.9 Å². The van der Waals surface area contributed by atoms with Crippen LogP contribution < -0.4 is 10.6 Å². The van der Waals surface area contributed by atoms with Crippen LogP contribution in [0.4, 0.5) is 10.1 Å². The number of rotatable bonds is 3. The number of carbonyl (C=O) groups excluding carboxylic acids is 1. The van der Waals surface area contributed by atoms with Crippen molar-refractivity contribution >= 4 is 24.0 Å². The number of benzene rings is 2. The van der Waals surface area contributed by atoms with Gasteiger partial charge in [0.15, 0.2) is 0 Å². The number of anilines is 1. The lowest BCUT2D eigenvalue weighted by molar-refractivity contribution is 0.102. The number of para-hydroxylation sites is 1. The first-order valence-corrected chi connectivity index (χ1v) is 9.82. The molecule has 7 heteroatoms. The van der Waals surface area contributed by atoms with E-state index in [0.29, 0.717) is 29.8 Å². The fourth-order valence-corrected chi connectivity index (χ4v) is 3.63. The highest BCUT2D eigenvalue weighted by atomic mass is 35.5. The van der Waals surface area contributed by atoms with Crippen molar-refractivity contribution < 1.29 is 9.18 Å². The van der Waals surface area contributed by atoms with Crippen LogP contribution in [0.1, 0.15) is 48.0 Å². The van der Waals surface area contributed by atoms with E-state index >= 15 is 0 Å². The van der Waals surface area contributed by atoms with Crippen molar-refractivity contribution in [2.45, 2.75) is 39.2 Å². The minimum Gasteiger partial charge on any atom is -0.319 e. The third-order valence-electron chi connectivity index (χ3n) is 5.15. The Morgan fingerprint density at radius 3 is 2.60 bits per heavy atom. The van der Waals surface area contributed by atoms with Gasteiger partial charge in [-0.15, -0.1) is 12.4 Å². The van der Waals surface area contributed by atoms with Crippen LogP contribution >= 0.6 is 12.4 Å². The molecule has 0 aliphatic carbocycles. The van der Waals surface area contributed by atoms with E-state index in [2.05, 4.69) is 15.7 Å². The van der Waals surface area contributed by atoms with Crippen molar-refractivity contribution in [1.29, 1.82) is 0 Å². The van der Waals surface area contributed by atoms with Gasteiger partial charge in [-0.1, -0.05) is 45.0 Å². The lowest BCUT2D eigenvalue weighted by Gasteiger charge is -2.20. The van der Waals surface area contributed by atoms with Crippen molar-refractivity contribution in [3.63, 3.8) is 0 Å². The second-order valence-electron chi connectivity index (χ2n) is 8.37. The Balaban J connectivity index is 0.00000256. The monoisotopic (exact) mass is 428 g/mol. The quantitative estimate of drug-likeness (QED) is 0.639. The second kappa shape index (κ2) is 8.58. The smallest absolute Gasteiger partial charge is 0.259 e. The van der Waals surface area contributed by atoms with E-state index in [9.17, 15) is 9.18 Å². The van der Waals surface area contributed by atoms with E-state index < -0.39 is 0 Å². The molecule has 5 nitrogen and oxygen atoms in total. The third-order valence-corrected chi connectivity index (χ3v) is 5.15. The fraction of sp³-hybridized carbons (Fsp3) is 0.304. The van der Waals surface area contributed by atoms with Gasteiger partial charge in [-0.2, -0.15) is 5.10 Å². The van der Waals surface area contributed by atoms with Gasteiger partial charge in [0.05, 0.1) is 22.6 Å². The molecule has 4 rings (SSSR count). The Morgan fingerprint density at radius 2 is 1.90 bits per heavy atom. The number of nitrogens with one attached hydrogen (secondary N) is 2. The van der Waals surface area contributed by atoms with Crippen LogP contribution in [0.25, 0.3) is 5.69 Å². The van der Waals surface area contributed by atoms with Gasteiger partial charge in [0, 0.05) is 18.2 Å². The highest BCUT2D eigenvalue weighted by molar-refractivity contribution is 6.05. The van der Waals surface area contributed by atoms with Crippen molar-refractivity contribution in [2.24, 2.45) is 0 Å². The number of amides is 1. The minimum atomic E-state index is -0.357. The molecule has 0 spiro atoms. The summed E-state index contributed by atoms with van der Waals surface area (Å²) < 4.78 is 16.7. The van der Waals surface area contributed by atoms with Gasteiger partial charge < -0.3 is 10.6 Å². The molecule has 2 N–H and O–H groups in total. The van der Waals surface area contributed by atoms with Gasteiger partial charge in [-0.05, 0) is 42.3 Å². The zero-order valence-electron chi connectivity index (χ0n) is 17.3. The average molecular weight is 429 g/mol. The van der Waals surface area contributed by atoms with Gasteiger partial charge in [0.2, 0.25) is 0 Å². The molecule has 1 aromatic heterocycles. The molecule has 1 aliphatic heterocycles. The number of fused-ring (bicyclic) bond motifs is 1. The predicted octanol–water partition coefficient (Wildman–Crippen LogP) is 4.63. The van der Waals surface area contributed by atoms with E-state index in [-0.39, 0.29) is 35.2 Å². The minimum absolute atomic E-state index is 0. The number of hydrogen-bond acceptors (Lipinski definition) is 3. The van der Waals surface area contributed by atoms with Crippen LogP contribution in [0.5, 0.6) is 0 Å². The van der Waals surface area contributed by atoms with Crippen LogP contribution in [0.3, 0.4) is 0 Å². The maximum Gasteiger partial charge on any atom is 0.259 e. The van der Waals surface area contributed by atoms with Crippen molar-refractivity contribution in [3.05, 3.63) is 76.9 Å². The van der Waals surface area contributed by atoms with Gasteiger partial charge in [-0.25, -0.2) is 9.07 Å². The van der Waals surface area contributed by atoms with Crippen molar-refractivity contribution in [2.75, 3.05) is 11.9 Å². The number of carbonyl (C=O) groups is 1. The molecule has 0 radical (unpaired) electrons. The van der Waals surface area contributed by atoms with E-state index in [1.807, 2.05) is 57.2 Å². The average Bonchev–Trinajstić information content (AvgIpc) is 3.17. The van der Waals surface area contributed by atoms with Crippen molar-refractivity contribution in [3.8, 4) is 5.69 Å². The topological polar surface area (TPSA) is 59.0 Å². The van der Waals surface area contributed by atoms with E-state index in [1.165, 1.54) is 0 Å². The molecule has 0 bridgehead atoms. The lowest BCUT2D eigenvalue weighted by atomic mass is 9.89. The van der Waals surface area contributed by atoms with Crippen molar-refractivity contribution in [1.82, 2.24) is 15.1 Å². The zero-order chi connectivity index (χ0) is 20.6. The highest BCUT2D eigenvalue weighted by Crippen LogP contribution is 2.28. The first kappa shape index (κ1) is 22.0. The van der Waals surface area contributed by atoms with Crippen LogP contribution in [0, 0.1) is 5.82 Å². The van der Waals surface area contributed by atoms with Crippen LogP contribution in [-0.2, 0) is 18.4 Å². The molecule has 3 aromatic rings. The summed E-state index contributed by atoms with van der Waals surface area (Å²) in [7, 11) is 0. The van der Waals surface area contributed by atoms with E-state index in [4.69, 9.17) is 0 Å². The normalized spacial score (nSPS) is 13.3. The molecule has 0 atom stereocenters. The summed E-state index contributed by atoms with van der Waals surface area (Å²) >= 11 is 0. The number of aromatic nitrogens is 2. The van der Waals surface area contributed by atoms with Gasteiger partial charge in [0.1, 0.15) is 5.82 Å². The third kappa shape index (κ3) is 4.25. The van der Waals surface area contributed by atoms with Crippen LogP contribution in [-0.4, -0.2) is 22.2 Å².